The Labute approximate surface area is 197 Å². The Morgan fingerprint density at radius 2 is 1.59 bits per heavy atom. The van der Waals surface area contributed by atoms with Gasteiger partial charge >= 0.3 is 0 Å². The van der Waals surface area contributed by atoms with Crippen molar-refractivity contribution in [1.82, 2.24) is 5.16 Å². The van der Waals surface area contributed by atoms with Gasteiger partial charge in [0, 0.05) is 22.7 Å². The van der Waals surface area contributed by atoms with Crippen LogP contribution in [0.2, 0.25) is 0 Å². The van der Waals surface area contributed by atoms with Crippen molar-refractivity contribution in [2.75, 3.05) is 19.1 Å². The van der Waals surface area contributed by atoms with Crippen molar-refractivity contribution in [2.45, 2.75) is 26.8 Å². The summed E-state index contributed by atoms with van der Waals surface area (Å²) >= 11 is 0. The quantitative estimate of drug-likeness (QED) is 0.399. The van der Waals surface area contributed by atoms with Crippen molar-refractivity contribution in [3.8, 4) is 22.8 Å². The number of amides is 1. The zero-order valence-electron chi connectivity index (χ0n) is 19.7. The maximum absolute atomic E-state index is 13.5. The minimum absolute atomic E-state index is 0.328. The summed E-state index contributed by atoms with van der Waals surface area (Å²) in [6, 6.07) is 13.0. The fraction of sp³-hybridized carbons (Fsp3) is 0.308. The van der Waals surface area contributed by atoms with E-state index in [2.05, 4.69) is 5.16 Å². The first-order chi connectivity index (χ1) is 16.2. The molecule has 2 aromatic carbocycles. The Morgan fingerprint density at radius 3 is 2.09 bits per heavy atom. The molecule has 4 rings (SSSR count). The third kappa shape index (κ3) is 3.85. The molecule has 1 saturated heterocycles. The van der Waals surface area contributed by atoms with Crippen LogP contribution in [0.25, 0.3) is 11.3 Å². The molecule has 0 N–H and O–H groups in total. The molecule has 0 aliphatic carbocycles. The minimum atomic E-state index is -1.21. The van der Waals surface area contributed by atoms with Crippen LogP contribution in [0.5, 0.6) is 11.5 Å². The van der Waals surface area contributed by atoms with Crippen LogP contribution in [0.15, 0.2) is 59.3 Å². The predicted molar refractivity (Wildman–Crippen MR) is 125 cm³/mol. The number of methoxy groups -OCH3 is 2. The number of Topliss-reactive ketones (excluding diaryl/α,β-unsaturated/α-hetero) is 2. The molecular weight excluding hydrogens is 436 g/mol. The van der Waals surface area contributed by atoms with E-state index in [4.69, 9.17) is 14.0 Å². The second kappa shape index (κ2) is 8.78. The van der Waals surface area contributed by atoms with Gasteiger partial charge in [0.25, 0.3) is 5.91 Å². The van der Waals surface area contributed by atoms with Crippen LogP contribution >= 0.6 is 0 Å². The van der Waals surface area contributed by atoms with Crippen LogP contribution in [0.4, 0.5) is 5.69 Å². The highest BCUT2D eigenvalue weighted by Crippen LogP contribution is 2.48. The minimum Gasteiger partial charge on any atom is -0.496 e. The summed E-state index contributed by atoms with van der Waals surface area (Å²) in [7, 11) is 2.99. The Morgan fingerprint density at radius 1 is 0.971 bits per heavy atom. The van der Waals surface area contributed by atoms with Crippen molar-refractivity contribution in [3.05, 3.63) is 60.4 Å². The average Bonchev–Trinajstić information content (AvgIpc) is 3.45. The Balaban J connectivity index is 1.91. The van der Waals surface area contributed by atoms with Gasteiger partial charge in [0.15, 0.2) is 5.78 Å². The highest BCUT2D eigenvalue weighted by atomic mass is 16.5. The van der Waals surface area contributed by atoms with Gasteiger partial charge in [0.05, 0.1) is 25.8 Å². The molecule has 0 spiro atoms. The van der Waals surface area contributed by atoms with Crippen LogP contribution in [-0.2, 0) is 14.4 Å². The first-order valence-electron chi connectivity index (χ1n) is 10.8. The van der Waals surface area contributed by atoms with Crippen LogP contribution in [0, 0.1) is 11.3 Å². The fourth-order valence-corrected chi connectivity index (χ4v) is 4.30. The maximum Gasteiger partial charge on any atom is 0.295 e. The number of hydrogen-bond acceptors (Lipinski definition) is 7. The van der Waals surface area contributed by atoms with Crippen molar-refractivity contribution < 1.29 is 28.4 Å². The zero-order valence-corrected chi connectivity index (χ0v) is 19.7. The molecule has 1 amide bonds. The zero-order chi connectivity index (χ0) is 24.6. The van der Waals surface area contributed by atoms with E-state index in [1.807, 2.05) is 0 Å². The van der Waals surface area contributed by atoms with Gasteiger partial charge in [-0.05, 0) is 24.3 Å². The molecule has 2 heterocycles. The lowest BCUT2D eigenvalue weighted by molar-refractivity contribution is -0.141. The van der Waals surface area contributed by atoms with Crippen LogP contribution in [-0.4, -0.2) is 36.8 Å². The molecule has 8 heteroatoms. The van der Waals surface area contributed by atoms with Crippen LogP contribution in [0.1, 0.15) is 32.4 Å². The molecule has 0 saturated carbocycles. The molecule has 1 fully saturated rings. The van der Waals surface area contributed by atoms with Gasteiger partial charge in [-0.25, -0.2) is 0 Å². The topological polar surface area (TPSA) is 98.9 Å². The number of carbonyl (C=O) groups excluding carboxylic acids is 3. The molecule has 3 aromatic rings. The van der Waals surface area contributed by atoms with Crippen LogP contribution in [0.3, 0.4) is 0 Å². The molecule has 0 radical (unpaired) electrons. The maximum atomic E-state index is 13.5. The lowest BCUT2D eigenvalue weighted by Crippen LogP contribution is -2.36. The largest absolute Gasteiger partial charge is 0.496 e. The predicted octanol–water partition coefficient (Wildman–Crippen LogP) is 4.25. The van der Waals surface area contributed by atoms with E-state index in [-0.39, 0.29) is 5.78 Å². The molecule has 8 nitrogen and oxygen atoms in total. The van der Waals surface area contributed by atoms with E-state index >= 15 is 0 Å². The van der Waals surface area contributed by atoms with E-state index in [1.54, 1.807) is 69.3 Å². The summed E-state index contributed by atoms with van der Waals surface area (Å²) in [4.78, 5) is 41.5. The molecule has 34 heavy (non-hydrogen) atoms. The van der Waals surface area contributed by atoms with E-state index in [0.717, 1.165) is 5.56 Å². The highest BCUT2D eigenvalue weighted by molar-refractivity contribution is 6.48. The summed E-state index contributed by atoms with van der Waals surface area (Å²) in [5.41, 5.74) is 1.51. The second-order valence-electron chi connectivity index (χ2n) is 9.08. The lowest BCUT2D eigenvalue weighted by Gasteiger charge is -2.31. The number of hydrogen-bond donors (Lipinski definition) is 0. The number of benzene rings is 2. The molecule has 2 unspecified atom stereocenters. The summed E-state index contributed by atoms with van der Waals surface area (Å²) in [5.74, 6) is -2.21. The van der Waals surface area contributed by atoms with Crippen molar-refractivity contribution in [3.63, 3.8) is 0 Å². The van der Waals surface area contributed by atoms with Gasteiger partial charge in [0.1, 0.15) is 29.4 Å². The molecule has 2 atom stereocenters. The monoisotopic (exact) mass is 462 g/mol. The third-order valence-corrected chi connectivity index (χ3v) is 5.97. The molecular formula is C26H26N2O6. The summed E-state index contributed by atoms with van der Waals surface area (Å²) in [5, 5.41) is 3.92. The summed E-state index contributed by atoms with van der Waals surface area (Å²) in [6.45, 7) is 5.21. The third-order valence-electron chi connectivity index (χ3n) is 5.97. The normalized spacial score (nSPS) is 18.3. The lowest BCUT2D eigenvalue weighted by atomic mass is 9.77. The van der Waals surface area contributed by atoms with Gasteiger partial charge in [-0.1, -0.05) is 44.1 Å². The van der Waals surface area contributed by atoms with Crippen molar-refractivity contribution in [2.24, 2.45) is 11.3 Å². The number of aromatic nitrogens is 1. The van der Waals surface area contributed by atoms with Gasteiger partial charge in [-0.15, -0.1) is 0 Å². The Bertz CT molecular complexity index is 1200. The molecule has 0 bridgehead atoms. The Hall–Kier alpha value is -3.94. The van der Waals surface area contributed by atoms with Crippen molar-refractivity contribution in [1.29, 1.82) is 0 Å². The van der Waals surface area contributed by atoms with Gasteiger partial charge < -0.3 is 14.0 Å². The Kier molecular flexibility index (Phi) is 6.00. The smallest absolute Gasteiger partial charge is 0.295 e. The summed E-state index contributed by atoms with van der Waals surface area (Å²) < 4.78 is 16.1. The number of rotatable bonds is 6. The molecule has 1 aliphatic heterocycles. The molecule has 1 aliphatic rings. The fourth-order valence-electron chi connectivity index (χ4n) is 4.30. The number of ketones is 2. The van der Waals surface area contributed by atoms with Gasteiger partial charge in [-0.2, -0.15) is 0 Å². The number of anilines is 1. The SMILES string of the molecule is COc1cccc(OC)c1C1C(C(=O)C(C)(C)C)C(=O)C(=O)N1c1ccc(-c2ccon2)cc1. The molecule has 1 aromatic heterocycles. The van der Waals surface area contributed by atoms with E-state index in [1.165, 1.54) is 25.4 Å². The van der Waals surface area contributed by atoms with Gasteiger partial charge in [-0.3, -0.25) is 19.3 Å². The first kappa shape index (κ1) is 23.2. The van der Waals surface area contributed by atoms with Crippen LogP contribution < -0.4 is 14.4 Å². The highest BCUT2D eigenvalue weighted by Gasteiger charge is 2.55. The van der Waals surface area contributed by atoms with E-state index in [0.29, 0.717) is 28.4 Å². The van der Waals surface area contributed by atoms with Crippen molar-refractivity contribution >= 4 is 23.2 Å². The summed E-state index contributed by atoms with van der Waals surface area (Å²) in [6.07, 6.45) is 1.47. The molecule has 176 valence electrons. The van der Waals surface area contributed by atoms with Gasteiger partial charge in [0.2, 0.25) is 5.78 Å². The van der Waals surface area contributed by atoms with E-state index in [9.17, 15) is 14.4 Å². The van der Waals surface area contributed by atoms with E-state index < -0.39 is 29.1 Å². The number of ether oxygens (including phenoxy) is 2. The number of carbonyl (C=O) groups is 3. The average molecular weight is 463 g/mol. The first-order valence-corrected chi connectivity index (χ1v) is 10.8. The standard InChI is InChI=1S/C26H26N2O6/c1-26(2,3)24(30)21-22(20-18(32-4)7-6-8-19(20)33-5)28(25(31)23(21)29)16-11-9-15(10-12-16)17-13-14-34-27-17/h6-14,21-22H,1-5H3. The number of nitrogens with zero attached hydrogens (tertiary/aromatic N) is 2. The second-order valence-corrected chi connectivity index (χ2v) is 9.08.